The molecule has 31 heavy (non-hydrogen) atoms. The number of anilines is 1. The summed E-state index contributed by atoms with van der Waals surface area (Å²) in [5, 5.41) is 10.4. The van der Waals surface area contributed by atoms with Crippen LogP contribution in [0, 0.1) is 18.7 Å². The Bertz CT molecular complexity index is 944. The van der Waals surface area contributed by atoms with E-state index in [0.717, 1.165) is 11.1 Å². The third-order valence-electron chi connectivity index (χ3n) is 6.17. The van der Waals surface area contributed by atoms with Crippen LogP contribution in [0.5, 0.6) is 0 Å². The van der Waals surface area contributed by atoms with Crippen LogP contribution in [0.1, 0.15) is 23.7 Å². The van der Waals surface area contributed by atoms with Crippen molar-refractivity contribution in [3.8, 4) is 0 Å². The molecule has 0 bridgehead atoms. The molecule has 2 heterocycles. The highest BCUT2D eigenvalue weighted by Crippen LogP contribution is 2.29. The van der Waals surface area contributed by atoms with Gasteiger partial charge in [0.25, 0.3) is 0 Å². The Hall–Kier alpha value is -2.77. The highest BCUT2D eigenvalue weighted by molar-refractivity contribution is 6.00. The molecular weight excluding hydrogens is 397 g/mol. The summed E-state index contributed by atoms with van der Waals surface area (Å²) in [5.41, 5.74) is 1.91. The van der Waals surface area contributed by atoms with Gasteiger partial charge < -0.3 is 14.9 Å². The van der Waals surface area contributed by atoms with Crippen LogP contribution in [-0.2, 0) is 9.59 Å². The molecule has 0 aliphatic carbocycles. The molecule has 2 amide bonds. The molecule has 4 rings (SSSR count). The third kappa shape index (κ3) is 4.78. The van der Waals surface area contributed by atoms with Gasteiger partial charge in [0.2, 0.25) is 11.8 Å². The number of β-amino-alcohol motifs (C(OH)–C–C–N with tert-alkyl or cyclic N) is 1. The predicted octanol–water partition coefficient (Wildman–Crippen LogP) is 2.36. The van der Waals surface area contributed by atoms with Crippen molar-refractivity contribution >= 4 is 17.5 Å². The Morgan fingerprint density at radius 1 is 1.13 bits per heavy atom. The summed E-state index contributed by atoms with van der Waals surface area (Å²) < 4.78 is 14.3. The van der Waals surface area contributed by atoms with Crippen LogP contribution in [-0.4, -0.2) is 66.0 Å². The number of hydrogen-bond acceptors (Lipinski definition) is 4. The Morgan fingerprint density at radius 2 is 1.84 bits per heavy atom. The van der Waals surface area contributed by atoms with E-state index in [1.54, 1.807) is 24.0 Å². The summed E-state index contributed by atoms with van der Waals surface area (Å²) in [6.45, 7) is 5.00. The molecular formula is C24H28FN3O3. The lowest BCUT2D eigenvalue weighted by Crippen LogP contribution is -2.51. The first-order valence-electron chi connectivity index (χ1n) is 10.7. The SMILES string of the molecule is Cc1ccc(N2CC(C(=O)N3CCN(CC(O)c4ccccc4)CC3)CC2=O)c(F)c1. The monoisotopic (exact) mass is 425 g/mol. The minimum Gasteiger partial charge on any atom is -0.387 e. The van der Waals surface area contributed by atoms with Crippen molar-refractivity contribution in [3.63, 3.8) is 0 Å². The minimum atomic E-state index is -0.561. The largest absolute Gasteiger partial charge is 0.387 e. The molecule has 2 unspecified atom stereocenters. The van der Waals surface area contributed by atoms with Gasteiger partial charge >= 0.3 is 0 Å². The molecule has 2 saturated heterocycles. The zero-order chi connectivity index (χ0) is 22.0. The van der Waals surface area contributed by atoms with Gasteiger partial charge in [0.15, 0.2) is 0 Å². The third-order valence-corrected chi connectivity index (χ3v) is 6.17. The van der Waals surface area contributed by atoms with E-state index in [9.17, 15) is 19.1 Å². The van der Waals surface area contributed by atoms with Gasteiger partial charge in [-0.15, -0.1) is 0 Å². The highest BCUT2D eigenvalue weighted by Gasteiger charge is 2.38. The lowest BCUT2D eigenvalue weighted by atomic mass is 10.1. The van der Waals surface area contributed by atoms with Gasteiger partial charge in [0.05, 0.1) is 17.7 Å². The summed E-state index contributed by atoms with van der Waals surface area (Å²) in [4.78, 5) is 30.8. The number of piperazine rings is 1. The highest BCUT2D eigenvalue weighted by atomic mass is 19.1. The van der Waals surface area contributed by atoms with Gasteiger partial charge in [0.1, 0.15) is 5.82 Å². The fraction of sp³-hybridized carbons (Fsp3) is 0.417. The molecule has 0 spiro atoms. The summed E-state index contributed by atoms with van der Waals surface area (Å²) in [6.07, 6.45) is -0.451. The van der Waals surface area contributed by atoms with E-state index in [1.165, 1.54) is 11.0 Å². The average Bonchev–Trinajstić information content (AvgIpc) is 3.15. The fourth-order valence-corrected chi connectivity index (χ4v) is 4.37. The summed E-state index contributed by atoms with van der Waals surface area (Å²) >= 11 is 0. The van der Waals surface area contributed by atoms with Crippen LogP contribution in [0.4, 0.5) is 10.1 Å². The molecule has 2 aromatic rings. The van der Waals surface area contributed by atoms with Crippen LogP contribution in [0.2, 0.25) is 0 Å². The molecule has 2 atom stereocenters. The van der Waals surface area contributed by atoms with Crippen molar-refractivity contribution in [2.45, 2.75) is 19.4 Å². The van der Waals surface area contributed by atoms with Crippen LogP contribution in [0.3, 0.4) is 0 Å². The maximum Gasteiger partial charge on any atom is 0.228 e. The zero-order valence-electron chi connectivity index (χ0n) is 17.7. The van der Waals surface area contributed by atoms with Crippen LogP contribution < -0.4 is 4.90 Å². The van der Waals surface area contributed by atoms with Crippen molar-refractivity contribution in [3.05, 3.63) is 65.5 Å². The standard InChI is InChI=1S/C24H28FN3O3/c1-17-7-8-21(20(25)13-17)28-15-19(14-23(28)30)24(31)27-11-9-26(10-12-27)16-22(29)18-5-3-2-4-6-18/h2-8,13,19,22,29H,9-12,14-16H2,1H3. The molecule has 0 saturated carbocycles. The molecule has 0 radical (unpaired) electrons. The van der Waals surface area contributed by atoms with E-state index in [-0.39, 0.29) is 30.5 Å². The molecule has 2 aromatic carbocycles. The lowest BCUT2D eigenvalue weighted by Gasteiger charge is -2.36. The summed E-state index contributed by atoms with van der Waals surface area (Å²) in [6, 6.07) is 14.3. The average molecular weight is 426 g/mol. The molecule has 7 heteroatoms. The van der Waals surface area contributed by atoms with Gasteiger partial charge in [-0.3, -0.25) is 14.5 Å². The zero-order valence-corrected chi connectivity index (χ0v) is 17.7. The van der Waals surface area contributed by atoms with Gasteiger partial charge in [-0.05, 0) is 30.2 Å². The second kappa shape index (κ2) is 9.16. The van der Waals surface area contributed by atoms with Crippen molar-refractivity contribution < 1.29 is 19.1 Å². The first-order chi connectivity index (χ1) is 14.9. The number of nitrogens with zero attached hydrogens (tertiary/aromatic N) is 3. The van der Waals surface area contributed by atoms with E-state index < -0.39 is 17.8 Å². The van der Waals surface area contributed by atoms with Crippen molar-refractivity contribution in [1.29, 1.82) is 0 Å². The molecule has 164 valence electrons. The molecule has 2 aliphatic heterocycles. The molecule has 2 aliphatic rings. The van der Waals surface area contributed by atoms with E-state index in [1.807, 2.05) is 30.3 Å². The second-order valence-corrected chi connectivity index (χ2v) is 8.41. The first kappa shape index (κ1) is 21.5. The van der Waals surface area contributed by atoms with Gasteiger partial charge in [-0.1, -0.05) is 36.4 Å². The molecule has 2 fully saturated rings. The van der Waals surface area contributed by atoms with E-state index in [4.69, 9.17) is 0 Å². The van der Waals surface area contributed by atoms with Gasteiger partial charge in [-0.25, -0.2) is 4.39 Å². The number of rotatable bonds is 5. The molecule has 6 nitrogen and oxygen atoms in total. The van der Waals surface area contributed by atoms with E-state index in [0.29, 0.717) is 32.7 Å². The number of aliphatic hydroxyl groups excluding tert-OH is 1. The minimum absolute atomic E-state index is 0.0494. The second-order valence-electron chi connectivity index (χ2n) is 8.41. The van der Waals surface area contributed by atoms with Crippen LogP contribution >= 0.6 is 0 Å². The number of benzene rings is 2. The van der Waals surface area contributed by atoms with Crippen molar-refractivity contribution in [2.75, 3.05) is 44.2 Å². The number of amides is 2. The maximum absolute atomic E-state index is 14.3. The van der Waals surface area contributed by atoms with Crippen molar-refractivity contribution in [2.24, 2.45) is 5.92 Å². The van der Waals surface area contributed by atoms with Crippen LogP contribution in [0.25, 0.3) is 0 Å². The smallest absolute Gasteiger partial charge is 0.228 e. The predicted molar refractivity (Wildman–Crippen MR) is 116 cm³/mol. The Morgan fingerprint density at radius 3 is 2.52 bits per heavy atom. The number of carbonyl (C=O) groups is 2. The quantitative estimate of drug-likeness (QED) is 0.799. The lowest BCUT2D eigenvalue weighted by molar-refractivity contribution is -0.137. The topological polar surface area (TPSA) is 64.1 Å². The van der Waals surface area contributed by atoms with Gasteiger partial charge in [0, 0.05) is 45.7 Å². The first-order valence-corrected chi connectivity index (χ1v) is 10.7. The molecule has 1 N–H and O–H groups in total. The summed E-state index contributed by atoms with van der Waals surface area (Å²) in [7, 11) is 0. The normalized spacial score (nSPS) is 20.9. The number of hydrogen-bond donors (Lipinski definition) is 1. The number of aryl methyl sites for hydroxylation is 1. The van der Waals surface area contributed by atoms with Crippen LogP contribution in [0.15, 0.2) is 48.5 Å². The Balaban J connectivity index is 1.31. The summed E-state index contributed by atoms with van der Waals surface area (Å²) in [5.74, 6) is -1.15. The number of halogens is 1. The Labute approximate surface area is 181 Å². The number of aliphatic hydroxyl groups is 1. The Kier molecular flexibility index (Phi) is 6.34. The van der Waals surface area contributed by atoms with E-state index in [2.05, 4.69) is 4.90 Å². The van der Waals surface area contributed by atoms with Crippen molar-refractivity contribution in [1.82, 2.24) is 9.80 Å². The molecule has 0 aromatic heterocycles. The van der Waals surface area contributed by atoms with Gasteiger partial charge in [-0.2, -0.15) is 0 Å². The fourth-order valence-electron chi connectivity index (χ4n) is 4.37. The number of carbonyl (C=O) groups excluding carboxylic acids is 2. The van der Waals surface area contributed by atoms with E-state index >= 15 is 0 Å². The maximum atomic E-state index is 14.3.